The first kappa shape index (κ1) is 43.5. The highest BCUT2D eigenvalue weighted by molar-refractivity contribution is 8.76. The number of rotatable bonds is 17. The predicted octanol–water partition coefficient (Wildman–Crippen LogP) is 7.17. The average molecular weight is 873 g/mol. The first-order chi connectivity index (χ1) is 29.4. The van der Waals surface area contributed by atoms with Crippen molar-refractivity contribution >= 4 is 62.6 Å². The smallest absolute Gasteiger partial charge is 0.287 e. The number of unbranched alkanes of at least 4 members (excludes halogenated alkanes) is 2. The average Bonchev–Trinajstić information content (AvgIpc) is 3.79. The summed E-state index contributed by atoms with van der Waals surface area (Å²) < 4.78 is 23.6. The molecular weight excluding hydrogens is 825 g/mol. The summed E-state index contributed by atoms with van der Waals surface area (Å²) in [6, 6.07) is 8.77. The SMILES string of the molecule is C=C1C[C@H]2C=Nc3cc(OCCCCCOc4cc5c(cc4OC)C(=O)N4CC(=C)C[C@H]4[C@H](O)N5C(=O)CC[C@@H](C)SSc4ccc([N+](=O)[O-])cn4)c(OC)cc3C(=O)N2C1. The molecule has 0 bridgehead atoms. The Bertz CT molecular complexity index is 2250. The predicted molar refractivity (Wildman–Crippen MR) is 233 cm³/mol. The summed E-state index contributed by atoms with van der Waals surface area (Å²) in [5, 5.41) is 23.3. The third-order valence-corrected chi connectivity index (χ3v) is 13.8. The van der Waals surface area contributed by atoms with E-state index in [1.165, 1.54) is 53.0 Å². The molecule has 0 radical (unpaired) electrons. The molecule has 2 aromatic carbocycles. The van der Waals surface area contributed by atoms with Crippen LogP contribution in [0.5, 0.6) is 23.0 Å². The summed E-state index contributed by atoms with van der Waals surface area (Å²) in [5.41, 5.74) is 3.13. The fourth-order valence-electron chi connectivity index (χ4n) is 7.77. The second kappa shape index (κ2) is 19.0. The Hall–Kier alpha value is -5.59. The number of hydrogen-bond donors (Lipinski definition) is 1. The maximum Gasteiger partial charge on any atom is 0.287 e. The van der Waals surface area contributed by atoms with Gasteiger partial charge in [-0.25, -0.2) is 4.98 Å². The van der Waals surface area contributed by atoms with Gasteiger partial charge in [-0.15, -0.1) is 0 Å². The van der Waals surface area contributed by atoms with E-state index in [1.54, 1.807) is 46.3 Å². The number of amides is 3. The number of nitrogens with zero attached hydrogens (tertiary/aromatic N) is 6. The Morgan fingerprint density at radius 1 is 0.934 bits per heavy atom. The number of pyridine rings is 1. The number of fused-ring (bicyclic) bond motifs is 4. The van der Waals surface area contributed by atoms with E-state index in [0.29, 0.717) is 91.1 Å². The summed E-state index contributed by atoms with van der Waals surface area (Å²) in [4.78, 5) is 65.3. The molecule has 4 aliphatic rings. The second-order valence-corrected chi connectivity index (χ2v) is 18.0. The molecule has 0 aliphatic carbocycles. The first-order valence-electron chi connectivity index (χ1n) is 20.0. The summed E-state index contributed by atoms with van der Waals surface area (Å²) in [6.45, 7) is 11.5. The third kappa shape index (κ3) is 9.50. The molecule has 7 rings (SSSR count). The van der Waals surface area contributed by atoms with Gasteiger partial charge >= 0.3 is 0 Å². The van der Waals surface area contributed by atoms with Crippen LogP contribution in [0, 0.1) is 10.1 Å². The van der Waals surface area contributed by atoms with E-state index in [4.69, 9.17) is 18.9 Å². The Labute approximate surface area is 361 Å². The lowest BCUT2D eigenvalue weighted by molar-refractivity contribution is -0.385. The Balaban J connectivity index is 0.976. The van der Waals surface area contributed by atoms with Crippen LogP contribution in [0.1, 0.15) is 72.6 Å². The topological polar surface area (TPSA) is 186 Å². The standard InChI is InChI=1S/C43H48N6O10S2/c1-25-15-29-22-44-32-19-37(35(56-4)17-30(32)41(51)46(29)23-25)58-13-7-6-8-14-59-38-20-33-31(18-36(38)57-5)42(52)47-24-26(2)16-34(47)43(53)48(33)40(50)12-9-27(3)60-61-39-11-10-28(21-45-39)49(54)55/h10-11,17-22,27,29,34,43,53H,1-2,6-9,12-16,23-24H2,3-5H3/t27-,29+,34+,43+/m1/s1. The van der Waals surface area contributed by atoms with Crippen LogP contribution in [0.25, 0.3) is 0 Å². The fourth-order valence-corrected chi connectivity index (χ4v) is 9.84. The van der Waals surface area contributed by atoms with Crippen LogP contribution in [-0.4, -0.2) is 113 Å². The van der Waals surface area contributed by atoms with E-state index in [0.717, 1.165) is 17.6 Å². The minimum atomic E-state index is -1.33. The van der Waals surface area contributed by atoms with Gasteiger partial charge in [0.2, 0.25) is 5.91 Å². The minimum absolute atomic E-state index is 0.0248. The van der Waals surface area contributed by atoms with Gasteiger partial charge in [0.15, 0.2) is 29.2 Å². The van der Waals surface area contributed by atoms with E-state index in [9.17, 15) is 29.6 Å². The maximum absolute atomic E-state index is 14.1. The first-order valence-corrected chi connectivity index (χ1v) is 22.2. The van der Waals surface area contributed by atoms with Crippen LogP contribution in [0.2, 0.25) is 0 Å². The lowest BCUT2D eigenvalue weighted by Gasteiger charge is -2.32. The van der Waals surface area contributed by atoms with Crippen LogP contribution in [0.15, 0.2) is 76.9 Å². The van der Waals surface area contributed by atoms with Crippen LogP contribution >= 0.6 is 21.6 Å². The number of hydrogen-bond acceptors (Lipinski definition) is 14. The number of carbonyl (C=O) groups is 3. The molecule has 61 heavy (non-hydrogen) atoms. The van der Waals surface area contributed by atoms with Crippen LogP contribution in [-0.2, 0) is 4.79 Å². The Morgan fingerprint density at radius 3 is 2.26 bits per heavy atom. The summed E-state index contributed by atoms with van der Waals surface area (Å²) in [6.07, 6.45) is 5.32. The van der Waals surface area contributed by atoms with Gasteiger partial charge in [0.05, 0.1) is 66.9 Å². The number of aliphatic imine (C=N–C) groups is 1. The van der Waals surface area contributed by atoms with Crippen molar-refractivity contribution in [1.82, 2.24) is 14.8 Å². The highest BCUT2D eigenvalue weighted by atomic mass is 33.1. The van der Waals surface area contributed by atoms with Gasteiger partial charge < -0.3 is 33.9 Å². The molecule has 16 nitrogen and oxygen atoms in total. The molecule has 2 saturated heterocycles. The van der Waals surface area contributed by atoms with E-state index < -0.39 is 17.2 Å². The fraction of sp³-hybridized carbons (Fsp3) is 0.419. The third-order valence-electron chi connectivity index (χ3n) is 11.0. The Morgan fingerprint density at radius 2 is 1.59 bits per heavy atom. The molecule has 5 heterocycles. The van der Waals surface area contributed by atoms with Crippen molar-refractivity contribution in [1.29, 1.82) is 0 Å². The molecule has 1 N–H and O–H groups in total. The van der Waals surface area contributed by atoms with Crippen molar-refractivity contribution < 1.29 is 43.4 Å². The number of methoxy groups -OCH3 is 2. The maximum atomic E-state index is 14.1. The molecule has 0 saturated carbocycles. The number of ether oxygens (including phenoxy) is 4. The number of carbonyl (C=O) groups excluding carboxylic acids is 3. The number of aromatic nitrogens is 1. The molecule has 3 aromatic rings. The number of anilines is 1. The zero-order valence-corrected chi connectivity index (χ0v) is 35.9. The molecule has 2 fully saturated rings. The molecule has 18 heteroatoms. The Kier molecular flexibility index (Phi) is 13.5. The van der Waals surface area contributed by atoms with Crippen molar-refractivity contribution in [3.05, 3.63) is 88.1 Å². The van der Waals surface area contributed by atoms with Crippen molar-refractivity contribution in [3.63, 3.8) is 0 Å². The van der Waals surface area contributed by atoms with Crippen LogP contribution in [0.4, 0.5) is 17.1 Å². The van der Waals surface area contributed by atoms with Gasteiger partial charge in [-0.1, -0.05) is 42.0 Å². The second-order valence-electron chi connectivity index (χ2n) is 15.3. The van der Waals surface area contributed by atoms with Crippen molar-refractivity contribution in [2.24, 2.45) is 4.99 Å². The molecule has 1 aromatic heterocycles. The lowest BCUT2D eigenvalue weighted by Crippen LogP contribution is -2.50. The number of aliphatic hydroxyl groups is 1. The molecule has 4 atom stereocenters. The summed E-state index contributed by atoms with van der Waals surface area (Å²) >= 11 is 0. The molecule has 0 unspecified atom stereocenters. The molecular formula is C43H48N6O10S2. The van der Waals surface area contributed by atoms with Crippen molar-refractivity contribution in [2.45, 2.75) is 80.5 Å². The normalized spacial score (nSPS) is 19.7. The van der Waals surface area contributed by atoms with Crippen molar-refractivity contribution in [2.75, 3.05) is 45.4 Å². The van der Waals surface area contributed by atoms with Gasteiger partial charge in [-0.2, -0.15) is 0 Å². The van der Waals surface area contributed by atoms with Gasteiger partial charge in [0, 0.05) is 49.2 Å². The quantitative estimate of drug-likeness (QED) is 0.0474. The summed E-state index contributed by atoms with van der Waals surface area (Å²) in [5.74, 6) is 0.769. The molecule has 322 valence electrons. The van der Waals surface area contributed by atoms with Gasteiger partial charge in [0.25, 0.3) is 17.5 Å². The van der Waals surface area contributed by atoms with Crippen molar-refractivity contribution in [3.8, 4) is 23.0 Å². The van der Waals surface area contributed by atoms with Gasteiger partial charge in [0.1, 0.15) is 11.2 Å². The zero-order valence-electron chi connectivity index (χ0n) is 34.2. The molecule has 0 spiro atoms. The highest BCUT2D eigenvalue weighted by Crippen LogP contribution is 2.43. The van der Waals surface area contributed by atoms with E-state index in [1.807, 2.05) is 6.92 Å². The van der Waals surface area contributed by atoms with Gasteiger partial charge in [-0.05, 0) is 67.5 Å². The number of nitro groups is 1. The number of aliphatic hydroxyl groups excluding tert-OH is 1. The van der Waals surface area contributed by atoms with Gasteiger partial charge in [-0.3, -0.25) is 34.4 Å². The van der Waals surface area contributed by atoms with Crippen LogP contribution < -0.4 is 23.8 Å². The zero-order chi connectivity index (χ0) is 43.4. The van der Waals surface area contributed by atoms with E-state index >= 15 is 0 Å². The minimum Gasteiger partial charge on any atom is -0.493 e. The van der Waals surface area contributed by atoms with Crippen LogP contribution in [0.3, 0.4) is 0 Å². The summed E-state index contributed by atoms with van der Waals surface area (Å²) in [7, 11) is 5.85. The van der Waals surface area contributed by atoms with E-state index in [-0.39, 0.29) is 58.9 Å². The highest BCUT2D eigenvalue weighted by Gasteiger charge is 2.45. The molecule has 3 amide bonds. The lowest BCUT2D eigenvalue weighted by atomic mass is 10.1. The number of benzene rings is 2. The molecule has 4 aliphatic heterocycles. The monoisotopic (exact) mass is 872 g/mol. The van der Waals surface area contributed by atoms with E-state index in [2.05, 4.69) is 23.1 Å². The largest absolute Gasteiger partial charge is 0.493 e.